The quantitative estimate of drug-likeness (QED) is 0.764. The van der Waals surface area contributed by atoms with Gasteiger partial charge < -0.3 is 11.1 Å². The van der Waals surface area contributed by atoms with Gasteiger partial charge in [0.2, 0.25) is 0 Å². The van der Waals surface area contributed by atoms with Crippen molar-refractivity contribution in [3.8, 4) is 0 Å². The number of nitrogens with two attached hydrogens (primary N) is 1. The normalized spacial score (nSPS) is 12.5. The Morgan fingerprint density at radius 3 is 2.50 bits per heavy atom. The molecule has 0 aliphatic rings. The fourth-order valence-corrected chi connectivity index (χ4v) is 2.33. The average molecular weight is 329 g/mol. The van der Waals surface area contributed by atoms with Crippen molar-refractivity contribution >= 4 is 38.8 Å². The van der Waals surface area contributed by atoms with E-state index in [9.17, 15) is 0 Å². The molecule has 0 aromatic heterocycles. The Hall–Kier alpha value is -0.610. The van der Waals surface area contributed by atoms with Crippen LogP contribution in [-0.4, -0.2) is 11.0 Å². The molecule has 0 aliphatic heterocycles. The molecule has 2 nitrogen and oxygen atoms in total. The van der Waals surface area contributed by atoms with Gasteiger partial charge in [-0.25, -0.2) is 0 Å². The molecule has 0 heterocycles. The lowest BCUT2D eigenvalue weighted by molar-refractivity contribution is 0.527. The second-order valence-electron chi connectivity index (χ2n) is 5.08. The number of hydrogen-bond acceptors (Lipinski definition) is 2. The number of anilines is 1. The first kappa shape index (κ1) is 15.4. The van der Waals surface area contributed by atoms with Crippen LogP contribution in [0.3, 0.4) is 0 Å². The first-order chi connectivity index (χ1) is 8.40. The van der Waals surface area contributed by atoms with Crippen molar-refractivity contribution in [2.75, 3.05) is 5.32 Å². The van der Waals surface area contributed by atoms with Gasteiger partial charge in [-0.15, -0.1) is 0 Å². The highest BCUT2D eigenvalue weighted by Crippen LogP contribution is 2.25. The average Bonchev–Trinajstić information content (AvgIpc) is 2.29. The highest BCUT2D eigenvalue weighted by Gasteiger charge is 2.07. The molecular formula is C14H21BrN2S. The first-order valence-electron chi connectivity index (χ1n) is 6.26. The Labute approximate surface area is 123 Å². The molecule has 1 atom stereocenters. The minimum Gasteiger partial charge on any atom is -0.389 e. The summed E-state index contributed by atoms with van der Waals surface area (Å²) in [7, 11) is 0. The second kappa shape index (κ2) is 7.10. The van der Waals surface area contributed by atoms with Crippen LogP contribution in [0.15, 0.2) is 22.7 Å². The van der Waals surface area contributed by atoms with Crippen molar-refractivity contribution in [3.05, 3.63) is 28.2 Å². The Morgan fingerprint density at radius 1 is 1.33 bits per heavy atom. The maximum absolute atomic E-state index is 5.61. The summed E-state index contributed by atoms with van der Waals surface area (Å²) in [5.74, 6) is 0.745. The highest BCUT2D eigenvalue weighted by atomic mass is 79.9. The van der Waals surface area contributed by atoms with Gasteiger partial charge >= 0.3 is 0 Å². The van der Waals surface area contributed by atoms with Gasteiger partial charge in [0.15, 0.2) is 0 Å². The van der Waals surface area contributed by atoms with E-state index in [4.69, 9.17) is 18.0 Å². The smallest absolute Gasteiger partial charge is 0.104 e. The summed E-state index contributed by atoms with van der Waals surface area (Å²) < 4.78 is 1.00. The van der Waals surface area contributed by atoms with Gasteiger partial charge in [-0.05, 0) is 59.8 Å². The van der Waals surface area contributed by atoms with Gasteiger partial charge in [-0.3, -0.25) is 0 Å². The summed E-state index contributed by atoms with van der Waals surface area (Å²) in [6.45, 7) is 6.70. The Bertz CT molecular complexity index is 418. The molecule has 0 amide bonds. The van der Waals surface area contributed by atoms with E-state index in [1.54, 1.807) is 0 Å². The third-order valence-corrected chi connectivity index (χ3v) is 3.72. The standard InChI is InChI=1S/C14H21BrN2S/c1-9(2)4-5-10(3)17-13-7-6-11(14(16)18)8-12(13)15/h6-10,17H,4-5H2,1-3H3,(H2,16,18). The van der Waals surface area contributed by atoms with Crippen molar-refractivity contribution in [2.45, 2.75) is 39.7 Å². The predicted molar refractivity (Wildman–Crippen MR) is 87.2 cm³/mol. The maximum atomic E-state index is 5.61. The molecule has 0 saturated heterocycles. The summed E-state index contributed by atoms with van der Waals surface area (Å²) >= 11 is 8.51. The van der Waals surface area contributed by atoms with Crippen LogP contribution in [0.4, 0.5) is 5.69 Å². The van der Waals surface area contributed by atoms with E-state index >= 15 is 0 Å². The Kier molecular flexibility index (Phi) is 6.09. The van der Waals surface area contributed by atoms with Crippen LogP contribution in [0.5, 0.6) is 0 Å². The van der Waals surface area contributed by atoms with Crippen LogP contribution in [-0.2, 0) is 0 Å². The van der Waals surface area contributed by atoms with Crippen LogP contribution < -0.4 is 11.1 Å². The van der Waals surface area contributed by atoms with E-state index in [2.05, 4.69) is 42.0 Å². The van der Waals surface area contributed by atoms with Crippen molar-refractivity contribution < 1.29 is 0 Å². The predicted octanol–water partition coefficient (Wildman–Crippen LogP) is 4.32. The van der Waals surface area contributed by atoms with Crippen molar-refractivity contribution in [1.29, 1.82) is 0 Å². The molecule has 0 bridgehead atoms. The van der Waals surface area contributed by atoms with E-state index in [0.717, 1.165) is 21.6 Å². The van der Waals surface area contributed by atoms with E-state index in [1.165, 1.54) is 12.8 Å². The van der Waals surface area contributed by atoms with E-state index < -0.39 is 0 Å². The van der Waals surface area contributed by atoms with Crippen LogP contribution in [0.25, 0.3) is 0 Å². The lowest BCUT2D eigenvalue weighted by Crippen LogP contribution is -2.16. The van der Waals surface area contributed by atoms with E-state index in [-0.39, 0.29) is 0 Å². The van der Waals surface area contributed by atoms with Gasteiger partial charge in [0, 0.05) is 21.8 Å². The molecule has 3 N–H and O–H groups in total. The third kappa shape index (κ3) is 4.94. The van der Waals surface area contributed by atoms with Gasteiger partial charge in [0.25, 0.3) is 0 Å². The summed E-state index contributed by atoms with van der Waals surface area (Å²) in [6.07, 6.45) is 2.40. The fourth-order valence-electron chi connectivity index (χ4n) is 1.71. The molecule has 0 spiro atoms. The minimum absolute atomic E-state index is 0.426. The number of rotatable bonds is 6. The van der Waals surface area contributed by atoms with Crippen molar-refractivity contribution in [2.24, 2.45) is 11.7 Å². The number of halogens is 1. The summed E-state index contributed by atoms with van der Waals surface area (Å²) in [5, 5.41) is 3.50. The molecule has 0 saturated carbocycles. The molecule has 100 valence electrons. The van der Waals surface area contributed by atoms with Crippen LogP contribution in [0.1, 0.15) is 39.2 Å². The monoisotopic (exact) mass is 328 g/mol. The number of hydrogen-bond donors (Lipinski definition) is 2. The Morgan fingerprint density at radius 2 is 2.00 bits per heavy atom. The molecule has 0 fully saturated rings. The van der Waals surface area contributed by atoms with Crippen molar-refractivity contribution in [1.82, 2.24) is 0 Å². The lowest BCUT2D eigenvalue weighted by Gasteiger charge is -2.17. The van der Waals surface area contributed by atoms with E-state index in [0.29, 0.717) is 11.0 Å². The third-order valence-electron chi connectivity index (χ3n) is 2.83. The fraction of sp³-hybridized carbons (Fsp3) is 0.500. The molecule has 4 heteroatoms. The van der Waals surface area contributed by atoms with Crippen LogP contribution >= 0.6 is 28.1 Å². The number of benzene rings is 1. The molecule has 1 unspecified atom stereocenters. The zero-order valence-corrected chi connectivity index (χ0v) is 13.6. The number of nitrogens with one attached hydrogen (secondary N) is 1. The molecular weight excluding hydrogens is 308 g/mol. The minimum atomic E-state index is 0.426. The van der Waals surface area contributed by atoms with Gasteiger partial charge in [0.05, 0.1) is 0 Å². The van der Waals surface area contributed by atoms with Gasteiger partial charge in [0.1, 0.15) is 4.99 Å². The second-order valence-corrected chi connectivity index (χ2v) is 6.37. The largest absolute Gasteiger partial charge is 0.389 e. The molecule has 1 aromatic rings. The summed E-state index contributed by atoms with van der Waals surface area (Å²) in [6, 6.07) is 6.38. The first-order valence-corrected chi connectivity index (χ1v) is 7.46. The summed E-state index contributed by atoms with van der Waals surface area (Å²) in [5.41, 5.74) is 7.58. The van der Waals surface area contributed by atoms with Crippen LogP contribution in [0.2, 0.25) is 0 Å². The van der Waals surface area contributed by atoms with Gasteiger partial charge in [-0.2, -0.15) is 0 Å². The molecule has 18 heavy (non-hydrogen) atoms. The molecule has 1 rings (SSSR count). The topological polar surface area (TPSA) is 38.0 Å². The SMILES string of the molecule is CC(C)CCC(C)Nc1ccc(C(N)=S)cc1Br. The molecule has 0 aliphatic carbocycles. The number of thiocarbonyl (C=S) groups is 1. The highest BCUT2D eigenvalue weighted by molar-refractivity contribution is 9.10. The van der Waals surface area contributed by atoms with Crippen molar-refractivity contribution in [3.63, 3.8) is 0 Å². The molecule has 0 radical (unpaired) electrons. The van der Waals surface area contributed by atoms with Crippen LogP contribution in [0, 0.1) is 5.92 Å². The van der Waals surface area contributed by atoms with Gasteiger partial charge in [-0.1, -0.05) is 26.1 Å². The zero-order valence-electron chi connectivity index (χ0n) is 11.2. The lowest BCUT2D eigenvalue weighted by atomic mass is 10.0. The summed E-state index contributed by atoms with van der Waals surface area (Å²) in [4.78, 5) is 0.426. The Balaban J connectivity index is 2.64. The molecule has 1 aromatic carbocycles. The maximum Gasteiger partial charge on any atom is 0.104 e. The van der Waals surface area contributed by atoms with E-state index in [1.807, 2.05) is 18.2 Å². The zero-order chi connectivity index (χ0) is 13.7.